The Morgan fingerprint density at radius 1 is 1.23 bits per heavy atom. The fourth-order valence-electron chi connectivity index (χ4n) is 3.11. The zero-order chi connectivity index (χ0) is 15.4. The van der Waals surface area contributed by atoms with E-state index in [9.17, 15) is 0 Å². The van der Waals surface area contributed by atoms with Crippen LogP contribution in [0.1, 0.15) is 38.2 Å². The Hall–Kier alpha value is -1.13. The lowest BCUT2D eigenvalue weighted by atomic mass is 10.0. The molecule has 1 aromatic rings. The van der Waals surface area contributed by atoms with Gasteiger partial charge in [-0.05, 0) is 69.8 Å². The first kappa shape index (κ1) is 15.8. The predicted molar refractivity (Wildman–Crippen MR) is 92.2 cm³/mol. The van der Waals surface area contributed by atoms with Gasteiger partial charge in [-0.3, -0.25) is 4.90 Å². The van der Waals surface area contributed by atoms with Crippen LogP contribution in [-0.2, 0) is 6.54 Å². The van der Waals surface area contributed by atoms with E-state index in [1.165, 1.54) is 50.9 Å². The maximum absolute atomic E-state index is 4.57. The Bertz CT molecular complexity index is 447. The molecule has 0 amide bonds. The van der Waals surface area contributed by atoms with Gasteiger partial charge in [-0.25, -0.2) is 4.98 Å². The fourth-order valence-corrected chi connectivity index (χ4v) is 3.11. The third kappa shape index (κ3) is 4.43. The second kappa shape index (κ2) is 7.42. The van der Waals surface area contributed by atoms with Crippen molar-refractivity contribution < 1.29 is 0 Å². The van der Waals surface area contributed by atoms with Crippen LogP contribution in [0.4, 0.5) is 5.82 Å². The van der Waals surface area contributed by atoms with E-state index in [-0.39, 0.29) is 0 Å². The van der Waals surface area contributed by atoms with Crippen molar-refractivity contribution >= 4 is 5.82 Å². The Morgan fingerprint density at radius 2 is 2.00 bits per heavy atom. The SMILES string of the molecule is CCN(C)c1ccc(CN2CCC(NCC3CC3)CC2)cn1. The fraction of sp³-hybridized carbons (Fsp3) is 0.722. The first-order valence-electron chi connectivity index (χ1n) is 8.86. The van der Waals surface area contributed by atoms with Crippen LogP contribution >= 0.6 is 0 Å². The summed E-state index contributed by atoms with van der Waals surface area (Å²) in [6, 6.07) is 5.12. The maximum Gasteiger partial charge on any atom is 0.128 e. The van der Waals surface area contributed by atoms with E-state index in [0.29, 0.717) is 0 Å². The summed E-state index contributed by atoms with van der Waals surface area (Å²) < 4.78 is 0. The Morgan fingerprint density at radius 3 is 2.59 bits per heavy atom. The smallest absolute Gasteiger partial charge is 0.128 e. The van der Waals surface area contributed by atoms with Gasteiger partial charge < -0.3 is 10.2 Å². The van der Waals surface area contributed by atoms with Crippen LogP contribution in [0.25, 0.3) is 0 Å². The molecule has 4 heteroatoms. The minimum absolute atomic E-state index is 0.746. The van der Waals surface area contributed by atoms with Crippen molar-refractivity contribution in [3.63, 3.8) is 0 Å². The van der Waals surface area contributed by atoms with Gasteiger partial charge in [-0.2, -0.15) is 0 Å². The number of anilines is 1. The molecule has 0 spiro atoms. The van der Waals surface area contributed by atoms with Gasteiger partial charge in [-0.1, -0.05) is 6.07 Å². The summed E-state index contributed by atoms with van der Waals surface area (Å²) >= 11 is 0. The molecule has 0 radical (unpaired) electrons. The molecule has 22 heavy (non-hydrogen) atoms. The number of nitrogens with one attached hydrogen (secondary N) is 1. The average molecular weight is 302 g/mol. The van der Waals surface area contributed by atoms with Crippen molar-refractivity contribution in [2.75, 3.05) is 38.1 Å². The highest BCUT2D eigenvalue weighted by Crippen LogP contribution is 2.28. The van der Waals surface area contributed by atoms with Crippen LogP contribution in [0.3, 0.4) is 0 Å². The lowest BCUT2D eigenvalue weighted by Crippen LogP contribution is -2.42. The van der Waals surface area contributed by atoms with E-state index in [2.05, 4.69) is 46.2 Å². The van der Waals surface area contributed by atoms with Crippen molar-refractivity contribution in [2.24, 2.45) is 5.92 Å². The molecule has 0 atom stereocenters. The second-order valence-corrected chi connectivity index (χ2v) is 6.94. The highest BCUT2D eigenvalue weighted by atomic mass is 15.2. The van der Waals surface area contributed by atoms with E-state index in [1.807, 2.05) is 6.20 Å². The molecule has 122 valence electrons. The van der Waals surface area contributed by atoms with Crippen LogP contribution in [0.2, 0.25) is 0 Å². The van der Waals surface area contributed by atoms with Crippen molar-refractivity contribution in [3.8, 4) is 0 Å². The predicted octanol–water partition coefficient (Wildman–Crippen LogP) is 2.50. The minimum atomic E-state index is 0.746. The number of hydrogen-bond donors (Lipinski definition) is 1. The zero-order valence-electron chi connectivity index (χ0n) is 14.1. The molecule has 1 N–H and O–H groups in total. The van der Waals surface area contributed by atoms with Gasteiger partial charge in [0.1, 0.15) is 5.82 Å². The maximum atomic E-state index is 4.57. The number of aromatic nitrogens is 1. The number of pyridine rings is 1. The molecule has 3 rings (SSSR count). The molecule has 1 aliphatic carbocycles. The van der Waals surface area contributed by atoms with Crippen molar-refractivity contribution in [3.05, 3.63) is 23.9 Å². The van der Waals surface area contributed by atoms with Crippen LogP contribution in [-0.4, -0.2) is 49.2 Å². The first-order valence-corrected chi connectivity index (χ1v) is 8.86. The van der Waals surface area contributed by atoms with Gasteiger partial charge >= 0.3 is 0 Å². The van der Waals surface area contributed by atoms with Gasteiger partial charge in [0, 0.05) is 32.4 Å². The first-order chi connectivity index (χ1) is 10.7. The van der Waals surface area contributed by atoms with Crippen LogP contribution in [0, 0.1) is 5.92 Å². The molecule has 0 unspecified atom stereocenters. The Kier molecular flexibility index (Phi) is 5.32. The van der Waals surface area contributed by atoms with Gasteiger partial charge in [0.05, 0.1) is 0 Å². The zero-order valence-corrected chi connectivity index (χ0v) is 14.1. The highest BCUT2D eigenvalue weighted by Gasteiger charge is 2.24. The molecule has 2 heterocycles. The summed E-state index contributed by atoms with van der Waals surface area (Å²) in [5.74, 6) is 2.05. The lowest BCUT2D eigenvalue weighted by Gasteiger charge is -2.32. The highest BCUT2D eigenvalue weighted by molar-refractivity contribution is 5.37. The van der Waals surface area contributed by atoms with Crippen molar-refractivity contribution in [1.82, 2.24) is 15.2 Å². The molecule has 2 fully saturated rings. The largest absolute Gasteiger partial charge is 0.360 e. The number of piperidine rings is 1. The average Bonchev–Trinajstić information content (AvgIpc) is 3.38. The molecule has 1 aromatic heterocycles. The third-order valence-electron chi connectivity index (χ3n) is 5.06. The van der Waals surface area contributed by atoms with E-state index < -0.39 is 0 Å². The summed E-state index contributed by atoms with van der Waals surface area (Å²) in [5.41, 5.74) is 1.33. The molecule has 1 saturated carbocycles. The molecule has 4 nitrogen and oxygen atoms in total. The van der Waals surface area contributed by atoms with E-state index in [0.717, 1.165) is 30.9 Å². The summed E-state index contributed by atoms with van der Waals surface area (Å²) in [6.45, 7) is 7.85. The van der Waals surface area contributed by atoms with Crippen LogP contribution < -0.4 is 10.2 Å². The number of likely N-dealkylation sites (tertiary alicyclic amines) is 1. The number of rotatable bonds is 7. The topological polar surface area (TPSA) is 31.4 Å². The summed E-state index contributed by atoms with van der Waals surface area (Å²) in [6.07, 6.45) is 7.51. The van der Waals surface area contributed by atoms with E-state index in [4.69, 9.17) is 0 Å². The van der Waals surface area contributed by atoms with Gasteiger partial charge in [0.2, 0.25) is 0 Å². The Balaban J connectivity index is 1.41. The van der Waals surface area contributed by atoms with Crippen molar-refractivity contribution in [2.45, 2.75) is 45.2 Å². The normalized spacial score (nSPS) is 20.3. The summed E-state index contributed by atoms with van der Waals surface area (Å²) in [7, 11) is 2.08. The van der Waals surface area contributed by atoms with Gasteiger partial charge in [0.25, 0.3) is 0 Å². The third-order valence-corrected chi connectivity index (χ3v) is 5.06. The molecular formula is C18H30N4. The lowest BCUT2D eigenvalue weighted by molar-refractivity contribution is 0.190. The van der Waals surface area contributed by atoms with Gasteiger partial charge in [-0.15, -0.1) is 0 Å². The summed E-state index contributed by atoms with van der Waals surface area (Å²) in [5, 5.41) is 3.75. The quantitative estimate of drug-likeness (QED) is 0.838. The number of hydrogen-bond acceptors (Lipinski definition) is 4. The van der Waals surface area contributed by atoms with Gasteiger partial charge in [0.15, 0.2) is 0 Å². The second-order valence-electron chi connectivity index (χ2n) is 6.94. The summed E-state index contributed by atoms with van der Waals surface area (Å²) in [4.78, 5) is 9.31. The molecular weight excluding hydrogens is 272 g/mol. The Labute approximate surface area is 134 Å². The molecule has 2 aliphatic rings. The molecule has 0 aromatic carbocycles. The monoisotopic (exact) mass is 302 g/mol. The molecule has 1 saturated heterocycles. The van der Waals surface area contributed by atoms with Crippen molar-refractivity contribution in [1.29, 1.82) is 0 Å². The van der Waals surface area contributed by atoms with E-state index >= 15 is 0 Å². The molecule has 1 aliphatic heterocycles. The minimum Gasteiger partial charge on any atom is -0.360 e. The standard InChI is InChI=1S/C18H30N4/c1-3-21(2)18-7-6-16(13-20-18)14-22-10-8-17(9-11-22)19-12-15-4-5-15/h6-7,13,15,17,19H,3-5,8-12,14H2,1-2H3. The van der Waals surface area contributed by atoms with Crippen LogP contribution in [0.15, 0.2) is 18.3 Å². The van der Waals surface area contributed by atoms with E-state index in [1.54, 1.807) is 0 Å². The molecule has 0 bridgehead atoms. The van der Waals surface area contributed by atoms with Crippen LogP contribution in [0.5, 0.6) is 0 Å². The number of nitrogens with zero attached hydrogens (tertiary/aromatic N) is 3.